The summed E-state index contributed by atoms with van der Waals surface area (Å²) in [5.41, 5.74) is 6.66. The van der Waals surface area contributed by atoms with Crippen LogP contribution in [-0.4, -0.2) is 44.1 Å². The average molecular weight is 374 g/mol. The van der Waals surface area contributed by atoms with E-state index in [0.717, 1.165) is 10.6 Å². The van der Waals surface area contributed by atoms with Crippen LogP contribution in [-0.2, 0) is 14.2 Å². The molecule has 1 unspecified atom stereocenters. The van der Waals surface area contributed by atoms with Crippen molar-refractivity contribution in [3.8, 4) is 0 Å². The molecule has 0 aromatic carbocycles. The third-order valence-corrected chi connectivity index (χ3v) is 5.99. The zero-order valence-corrected chi connectivity index (χ0v) is 14.8. The Morgan fingerprint density at radius 2 is 2.23 bits per heavy atom. The summed E-state index contributed by atoms with van der Waals surface area (Å²) < 4.78 is 20.3. The monoisotopic (exact) mass is 374 g/mol. The molecule has 3 aromatic heterocycles. The van der Waals surface area contributed by atoms with Crippen molar-refractivity contribution in [1.82, 2.24) is 14.6 Å². The minimum absolute atomic E-state index is 0.155. The molecule has 5 atom stereocenters. The van der Waals surface area contributed by atoms with E-state index < -0.39 is 30.2 Å². The van der Waals surface area contributed by atoms with Gasteiger partial charge in [0, 0.05) is 0 Å². The van der Waals surface area contributed by atoms with Crippen LogP contribution in [0.3, 0.4) is 0 Å². The van der Waals surface area contributed by atoms with Crippen LogP contribution in [0, 0.1) is 0 Å². The van der Waals surface area contributed by atoms with Gasteiger partial charge in [-0.2, -0.15) is 5.10 Å². The number of aromatic nitrogens is 3. The first-order valence-electron chi connectivity index (χ1n) is 8.33. The molecule has 8 nitrogen and oxygen atoms in total. The highest BCUT2D eigenvalue weighted by atomic mass is 32.1. The zero-order valence-electron chi connectivity index (χ0n) is 14.0. The molecule has 0 bridgehead atoms. The number of aliphatic hydroxyl groups excluding tert-OH is 1. The first kappa shape index (κ1) is 16.2. The third kappa shape index (κ3) is 2.15. The van der Waals surface area contributed by atoms with Crippen molar-refractivity contribution in [2.24, 2.45) is 0 Å². The number of ether oxygens (including phenoxy) is 3. The second-order valence-corrected chi connectivity index (χ2v) is 7.62. The van der Waals surface area contributed by atoms with Gasteiger partial charge in [-0.15, -0.1) is 11.3 Å². The number of aliphatic hydroxyl groups is 1. The predicted molar refractivity (Wildman–Crippen MR) is 93.5 cm³/mol. The number of fused-ring (bicyclic) bond motifs is 2. The van der Waals surface area contributed by atoms with E-state index in [1.165, 1.54) is 6.33 Å². The molecule has 2 aliphatic rings. The number of nitrogens with zero attached hydrogens (tertiary/aromatic N) is 3. The molecule has 5 rings (SSSR count). The minimum atomic E-state index is -0.768. The highest BCUT2D eigenvalue weighted by molar-refractivity contribution is 7.10. The quantitative estimate of drug-likeness (QED) is 0.719. The van der Waals surface area contributed by atoms with E-state index >= 15 is 0 Å². The molecule has 2 aliphatic heterocycles. The van der Waals surface area contributed by atoms with Gasteiger partial charge in [-0.05, 0) is 30.5 Å². The fourth-order valence-electron chi connectivity index (χ4n) is 3.87. The molecule has 2 saturated heterocycles. The lowest BCUT2D eigenvalue weighted by atomic mass is 9.91. The molecule has 26 heavy (non-hydrogen) atoms. The van der Waals surface area contributed by atoms with Crippen LogP contribution in [0.1, 0.15) is 29.9 Å². The van der Waals surface area contributed by atoms with Crippen LogP contribution < -0.4 is 5.73 Å². The van der Waals surface area contributed by atoms with E-state index in [9.17, 15) is 5.11 Å². The van der Waals surface area contributed by atoms with Gasteiger partial charge in [0.2, 0.25) is 0 Å². The first-order valence-corrected chi connectivity index (χ1v) is 9.21. The van der Waals surface area contributed by atoms with E-state index in [1.807, 2.05) is 36.6 Å². The van der Waals surface area contributed by atoms with Crippen molar-refractivity contribution >= 4 is 22.7 Å². The molecule has 0 spiro atoms. The minimum Gasteiger partial charge on any atom is -0.394 e. The number of nitrogens with two attached hydrogens (primary N) is 1. The molecular weight excluding hydrogens is 356 g/mol. The van der Waals surface area contributed by atoms with Gasteiger partial charge >= 0.3 is 0 Å². The van der Waals surface area contributed by atoms with Gasteiger partial charge in [0.05, 0.1) is 17.2 Å². The SMILES string of the molecule is C[C@@]12OC(c3cccs3)O[C@@H]1[C@@H](CO)O[C@H]2c1ccc2c(N)ncnn12. The van der Waals surface area contributed by atoms with E-state index in [-0.39, 0.29) is 6.61 Å². The molecule has 0 radical (unpaired) electrons. The molecule has 5 heterocycles. The van der Waals surface area contributed by atoms with E-state index in [2.05, 4.69) is 10.1 Å². The second kappa shape index (κ2) is 5.73. The van der Waals surface area contributed by atoms with E-state index in [0.29, 0.717) is 11.3 Å². The maximum absolute atomic E-state index is 9.81. The van der Waals surface area contributed by atoms with Crippen molar-refractivity contribution in [1.29, 1.82) is 0 Å². The van der Waals surface area contributed by atoms with Gasteiger partial charge in [0.25, 0.3) is 0 Å². The van der Waals surface area contributed by atoms with Crippen LogP contribution in [0.15, 0.2) is 36.0 Å². The maximum Gasteiger partial charge on any atom is 0.194 e. The Bertz CT molecular complexity index is 946. The third-order valence-electron chi connectivity index (χ3n) is 5.10. The largest absolute Gasteiger partial charge is 0.394 e. The number of nitrogen functional groups attached to an aromatic ring is 1. The highest BCUT2D eigenvalue weighted by Crippen LogP contribution is 2.53. The topological polar surface area (TPSA) is 104 Å². The van der Waals surface area contributed by atoms with Crippen LogP contribution in [0.25, 0.3) is 5.52 Å². The van der Waals surface area contributed by atoms with Crippen LogP contribution in [0.2, 0.25) is 0 Å². The summed E-state index contributed by atoms with van der Waals surface area (Å²) in [6.45, 7) is 1.80. The van der Waals surface area contributed by atoms with Crippen molar-refractivity contribution in [3.05, 3.63) is 46.5 Å². The molecule has 9 heteroatoms. The Morgan fingerprint density at radius 1 is 1.35 bits per heavy atom. The number of anilines is 1. The predicted octanol–water partition coefficient (Wildman–Crippen LogP) is 1.68. The summed E-state index contributed by atoms with van der Waals surface area (Å²) in [4.78, 5) is 5.01. The maximum atomic E-state index is 9.81. The average Bonchev–Trinajstić information content (AvgIpc) is 3.37. The Hall–Kier alpha value is -2.04. The van der Waals surface area contributed by atoms with Gasteiger partial charge in [0.15, 0.2) is 12.1 Å². The molecule has 0 aliphatic carbocycles. The summed E-state index contributed by atoms with van der Waals surface area (Å²) in [5, 5.41) is 16.1. The Balaban J connectivity index is 1.57. The summed E-state index contributed by atoms with van der Waals surface area (Å²) in [6, 6.07) is 7.69. The lowest BCUT2D eigenvalue weighted by Crippen LogP contribution is -2.40. The lowest BCUT2D eigenvalue weighted by molar-refractivity contribution is -0.157. The summed E-state index contributed by atoms with van der Waals surface area (Å²) >= 11 is 1.57. The summed E-state index contributed by atoms with van der Waals surface area (Å²) in [5.74, 6) is 0.393. The fraction of sp³-hybridized carbons (Fsp3) is 0.412. The summed E-state index contributed by atoms with van der Waals surface area (Å²) in [6.07, 6.45) is -0.415. The van der Waals surface area contributed by atoms with Gasteiger partial charge in [-0.1, -0.05) is 6.07 Å². The lowest BCUT2D eigenvalue weighted by Gasteiger charge is -2.27. The molecule has 0 amide bonds. The highest BCUT2D eigenvalue weighted by Gasteiger charge is 2.62. The fourth-order valence-corrected chi connectivity index (χ4v) is 4.55. The number of rotatable bonds is 3. The molecule has 3 N–H and O–H groups in total. The molecule has 0 saturated carbocycles. The molecule has 2 fully saturated rings. The summed E-state index contributed by atoms with van der Waals surface area (Å²) in [7, 11) is 0. The van der Waals surface area contributed by atoms with Crippen LogP contribution in [0.4, 0.5) is 5.82 Å². The van der Waals surface area contributed by atoms with E-state index in [1.54, 1.807) is 15.9 Å². The zero-order chi connectivity index (χ0) is 17.9. The number of hydrogen-bond acceptors (Lipinski definition) is 8. The smallest absolute Gasteiger partial charge is 0.194 e. The van der Waals surface area contributed by atoms with Crippen LogP contribution >= 0.6 is 11.3 Å². The van der Waals surface area contributed by atoms with E-state index in [4.69, 9.17) is 19.9 Å². The first-order chi connectivity index (χ1) is 12.6. The Labute approximate surface area is 153 Å². The Morgan fingerprint density at radius 3 is 3.00 bits per heavy atom. The standard InChI is InChI=1S/C17H18N4O4S/c1-17-13(9-4-5-10-15(18)19-8-20-21(9)10)23-11(7-22)14(17)24-16(25-17)12-3-2-6-26-12/h2-6,8,11,13-14,16,22H,7H2,1H3,(H2,18,19,20)/t11-,13+,14-,16?,17+/m1/s1. The second-order valence-electron chi connectivity index (χ2n) is 6.64. The molecule has 3 aromatic rings. The normalized spacial score (nSPS) is 33.8. The number of hydrogen-bond donors (Lipinski definition) is 2. The van der Waals surface area contributed by atoms with Crippen molar-refractivity contribution in [2.75, 3.05) is 12.3 Å². The van der Waals surface area contributed by atoms with Crippen molar-refractivity contribution in [2.45, 2.75) is 37.1 Å². The van der Waals surface area contributed by atoms with Crippen molar-refractivity contribution in [3.63, 3.8) is 0 Å². The van der Waals surface area contributed by atoms with Crippen molar-refractivity contribution < 1.29 is 19.3 Å². The van der Waals surface area contributed by atoms with Crippen LogP contribution in [0.5, 0.6) is 0 Å². The Kier molecular flexibility index (Phi) is 3.56. The van der Waals surface area contributed by atoms with Gasteiger partial charge in [-0.3, -0.25) is 0 Å². The van der Waals surface area contributed by atoms with Gasteiger partial charge in [0.1, 0.15) is 35.8 Å². The number of thiophene rings is 1. The van der Waals surface area contributed by atoms with Gasteiger partial charge < -0.3 is 25.1 Å². The molecule has 136 valence electrons. The molecular formula is C17H18N4O4S. The van der Waals surface area contributed by atoms with Gasteiger partial charge in [-0.25, -0.2) is 9.50 Å².